The molecule has 0 radical (unpaired) electrons. The van der Waals surface area contributed by atoms with Crippen molar-refractivity contribution in [2.45, 2.75) is 32.4 Å². The highest BCUT2D eigenvalue weighted by molar-refractivity contribution is 5.30. The van der Waals surface area contributed by atoms with Gasteiger partial charge in [-0.3, -0.25) is 0 Å². The van der Waals surface area contributed by atoms with Gasteiger partial charge in [0.15, 0.2) is 11.6 Å². The molecule has 2 nitrogen and oxygen atoms in total. The van der Waals surface area contributed by atoms with Gasteiger partial charge >= 0.3 is 0 Å². The van der Waals surface area contributed by atoms with Crippen LogP contribution in [0.5, 0.6) is 5.75 Å². The largest absolute Gasteiger partial charge is 0.485 e. The van der Waals surface area contributed by atoms with E-state index in [1.807, 2.05) is 39.1 Å². The van der Waals surface area contributed by atoms with Gasteiger partial charge in [-0.2, -0.15) is 0 Å². The van der Waals surface area contributed by atoms with E-state index >= 15 is 0 Å². The average molecular weight is 287 g/mol. The molecule has 0 aliphatic rings. The van der Waals surface area contributed by atoms with Crippen molar-refractivity contribution >= 4 is 0 Å². The van der Waals surface area contributed by atoms with Crippen molar-refractivity contribution < 1.29 is 9.13 Å². The Kier molecular flexibility index (Phi) is 5.34. The fraction of sp³-hybridized carbons (Fsp3) is 0.333. The Morgan fingerprint density at radius 3 is 2.48 bits per heavy atom. The van der Waals surface area contributed by atoms with Crippen LogP contribution < -0.4 is 10.1 Å². The van der Waals surface area contributed by atoms with Crippen molar-refractivity contribution in [3.05, 3.63) is 65.5 Å². The maximum absolute atomic E-state index is 13.9. The number of hydrogen-bond donors (Lipinski definition) is 1. The molecule has 0 aromatic heterocycles. The molecule has 2 aromatic rings. The zero-order valence-corrected chi connectivity index (χ0v) is 12.8. The first-order valence-corrected chi connectivity index (χ1v) is 7.30. The molecule has 112 valence electrons. The predicted octanol–water partition coefficient (Wildman–Crippen LogP) is 4.25. The van der Waals surface area contributed by atoms with Crippen LogP contribution in [0.15, 0.2) is 48.5 Å². The molecule has 0 aliphatic heterocycles. The molecule has 0 heterocycles. The van der Waals surface area contributed by atoms with Gasteiger partial charge in [-0.1, -0.05) is 43.3 Å². The number of ether oxygens (including phenoxy) is 1. The summed E-state index contributed by atoms with van der Waals surface area (Å²) in [6.07, 6.45) is 0.655. The molecule has 0 spiro atoms. The van der Waals surface area contributed by atoms with Gasteiger partial charge in [0, 0.05) is 0 Å². The maximum Gasteiger partial charge on any atom is 0.165 e. The van der Waals surface area contributed by atoms with E-state index in [1.54, 1.807) is 12.1 Å². The highest BCUT2D eigenvalue weighted by atomic mass is 19.1. The van der Waals surface area contributed by atoms with Crippen LogP contribution in [0.1, 0.15) is 30.5 Å². The molecule has 0 fully saturated rings. The molecule has 2 atom stereocenters. The molecular weight excluding hydrogens is 265 g/mol. The summed E-state index contributed by atoms with van der Waals surface area (Å²) in [5, 5.41) is 3.28. The Morgan fingerprint density at radius 1 is 1.14 bits per heavy atom. The SMILES string of the molecule is CCC(Oc1cc(C)ccc1F)C(NC)c1ccccc1. The average Bonchev–Trinajstić information content (AvgIpc) is 2.51. The Morgan fingerprint density at radius 2 is 1.86 bits per heavy atom. The Balaban J connectivity index is 2.24. The lowest BCUT2D eigenvalue weighted by atomic mass is 9.99. The molecule has 21 heavy (non-hydrogen) atoms. The number of benzene rings is 2. The number of likely N-dealkylation sites (N-methyl/N-ethyl adjacent to an activating group) is 1. The summed E-state index contributed by atoms with van der Waals surface area (Å²) in [5.41, 5.74) is 2.13. The van der Waals surface area contributed by atoms with Crippen LogP contribution in [0.25, 0.3) is 0 Å². The zero-order valence-electron chi connectivity index (χ0n) is 12.8. The lowest BCUT2D eigenvalue weighted by molar-refractivity contribution is 0.146. The number of aryl methyl sites for hydroxylation is 1. The van der Waals surface area contributed by atoms with Crippen LogP contribution in [-0.2, 0) is 0 Å². The van der Waals surface area contributed by atoms with E-state index in [9.17, 15) is 4.39 Å². The predicted molar refractivity (Wildman–Crippen MR) is 84.1 cm³/mol. The topological polar surface area (TPSA) is 21.3 Å². The third-order valence-electron chi connectivity index (χ3n) is 3.61. The van der Waals surface area contributed by atoms with Gasteiger partial charge in [-0.05, 0) is 43.7 Å². The van der Waals surface area contributed by atoms with E-state index in [-0.39, 0.29) is 18.0 Å². The summed E-state index contributed by atoms with van der Waals surface area (Å²) in [6, 6.07) is 15.1. The first-order valence-electron chi connectivity index (χ1n) is 7.30. The standard InChI is InChI=1S/C18H22FNO/c1-4-16(18(20-3)14-8-6-5-7-9-14)21-17-12-13(2)10-11-15(17)19/h5-12,16,18,20H,4H2,1-3H3. The fourth-order valence-electron chi connectivity index (χ4n) is 2.48. The fourth-order valence-corrected chi connectivity index (χ4v) is 2.48. The molecule has 0 amide bonds. The molecule has 0 aliphatic carbocycles. The molecule has 0 saturated carbocycles. The van der Waals surface area contributed by atoms with Gasteiger partial charge in [0.2, 0.25) is 0 Å². The van der Waals surface area contributed by atoms with Gasteiger partial charge in [0.1, 0.15) is 6.10 Å². The smallest absolute Gasteiger partial charge is 0.165 e. The molecule has 0 saturated heterocycles. The summed E-state index contributed by atoms with van der Waals surface area (Å²) in [6.45, 7) is 3.98. The molecule has 1 N–H and O–H groups in total. The monoisotopic (exact) mass is 287 g/mol. The lowest BCUT2D eigenvalue weighted by Gasteiger charge is -2.27. The van der Waals surface area contributed by atoms with E-state index in [0.29, 0.717) is 5.75 Å². The summed E-state index contributed by atoms with van der Waals surface area (Å²) < 4.78 is 19.8. The molecular formula is C18H22FNO. The quantitative estimate of drug-likeness (QED) is 0.857. The lowest BCUT2D eigenvalue weighted by Crippen LogP contribution is -2.33. The second kappa shape index (κ2) is 7.23. The minimum absolute atomic E-state index is 0.0242. The Labute approximate surface area is 126 Å². The van der Waals surface area contributed by atoms with Crippen LogP contribution in [0.4, 0.5) is 4.39 Å². The van der Waals surface area contributed by atoms with Crippen molar-refractivity contribution in [2.24, 2.45) is 0 Å². The molecule has 2 unspecified atom stereocenters. The summed E-state index contributed by atoms with van der Waals surface area (Å²) >= 11 is 0. The summed E-state index contributed by atoms with van der Waals surface area (Å²) in [5.74, 6) is -0.00000383. The van der Waals surface area contributed by atoms with Crippen LogP contribution in [0.3, 0.4) is 0 Å². The van der Waals surface area contributed by atoms with Crippen LogP contribution >= 0.6 is 0 Å². The van der Waals surface area contributed by atoms with Crippen molar-refractivity contribution in [3.8, 4) is 5.75 Å². The third kappa shape index (κ3) is 3.82. The van der Waals surface area contributed by atoms with Gasteiger partial charge in [-0.15, -0.1) is 0 Å². The van der Waals surface area contributed by atoms with Crippen molar-refractivity contribution in [2.75, 3.05) is 7.05 Å². The van der Waals surface area contributed by atoms with Gasteiger partial charge in [0.05, 0.1) is 6.04 Å². The van der Waals surface area contributed by atoms with Crippen LogP contribution in [-0.4, -0.2) is 13.2 Å². The molecule has 2 rings (SSSR count). The summed E-state index contributed by atoms with van der Waals surface area (Å²) in [7, 11) is 1.90. The first-order chi connectivity index (χ1) is 10.2. The van der Waals surface area contributed by atoms with Gasteiger partial charge in [0.25, 0.3) is 0 Å². The van der Waals surface area contributed by atoms with Crippen LogP contribution in [0, 0.1) is 12.7 Å². The second-order valence-corrected chi connectivity index (χ2v) is 5.18. The minimum atomic E-state index is -0.318. The van der Waals surface area contributed by atoms with E-state index in [4.69, 9.17) is 4.74 Å². The van der Waals surface area contributed by atoms with E-state index in [1.165, 1.54) is 6.07 Å². The molecule has 0 bridgehead atoms. The highest BCUT2D eigenvalue weighted by Gasteiger charge is 2.23. The van der Waals surface area contributed by atoms with Crippen LogP contribution in [0.2, 0.25) is 0 Å². The van der Waals surface area contributed by atoms with Crippen molar-refractivity contribution in [1.82, 2.24) is 5.32 Å². The minimum Gasteiger partial charge on any atom is -0.485 e. The Hall–Kier alpha value is -1.87. The van der Waals surface area contributed by atoms with Crippen molar-refractivity contribution in [1.29, 1.82) is 0 Å². The molecule has 3 heteroatoms. The van der Waals surface area contributed by atoms with Gasteiger partial charge < -0.3 is 10.1 Å². The number of rotatable bonds is 6. The van der Waals surface area contributed by atoms with E-state index in [0.717, 1.165) is 17.5 Å². The third-order valence-corrected chi connectivity index (χ3v) is 3.61. The Bertz CT molecular complexity index is 571. The second-order valence-electron chi connectivity index (χ2n) is 5.18. The highest BCUT2D eigenvalue weighted by Crippen LogP contribution is 2.26. The summed E-state index contributed by atoms with van der Waals surface area (Å²) in [4.78, 5) is 0. The normalized spacial score (nSPS) is 13.7. The van der Waals surface area contributed by atoms with E-state index < -0.39 is 0 Å². The number of hydrogen-bond acceptors (Lipinski definition) is 2. The van der Waals surface area contributed by atoms with Crippen molar-refractivity contribution in [3.63, 3.8) is 0 Å². The van der Waals surface area contributed by atoms with Gasteiger partial charge in [-0.25, -0.2) is 4.39 Å². The maximum atomic E-state index is 13.9. The first kappa shape index (κ1) is 15.5. The molecule has 2 aromatic carbocycles. The number of nitrogens with one attached hydrogen (secondary N) is 1. The zero-order chi connectivity index (χ0) is 15.2. The number of halogens is 1. The van der Waals surface area contributed by atoms with E-state index in [2.05, 4.69) is 17.4 Å².